The Morgan fingerprint density at radius 2 is 1.07 bits per heavy atom. The molecule has 0 aliphatic rings. The minimum atomic E-state index is -2.33. The molecular weight excluding hydrogens is 239 g/mol. The van der Waals surface area contributed by atoms with E-state index in [-0.39, 0.29) is 0 Å². The zero-order chi connectivity index (χ0) is 11.4. The zero-order valence-corrected chi connectivity index (χ0v) is 12.4. The van der Waals surface area contributed by atoms with E-state index < -0.39 is 24.9 Å². The van der Waals surface area contributed by atoms with E-state index in [9.17, 15) is 4.57 Å². The largest absolute Gasteiger partial charge is 0.757 e. The number of hydrogen-bond acceptors (Lipinski definition) is 5. The third kappa shape index (κ3) is 10.5. The Morgan fingerprint density at radius 1 is 0.786 bits per heavy atom. The number of rotatable bonds is 6. The lowest BCUT2D eigenvalue weighted by Gasteiger charge is -2.10. The van der Waals surface area contributed by atoms with Crippen LogP contribution in [0.25, 0.3) is 0 Å². The van der Waals surface area contributed by atoms with Gasteiger partial charge in [-0.2, -0.15) is 0 Å². The summed E-state index contributed by atoms with van der Waals surface area (Å²) in [6.07, 6.45) is 0. The summed E-state index contributed by atoms with van der Waals surface area (Å²) in [7, 11) is -5.98. The van der Waals surface area contributed by atoms with Crippen molar-refractivity contribution in [1.82, 2.24) is 0 Å². The zero-order valence-electron chi connectivity index (χ0n) is 9.49. The Kier molecular flexibility index (Phi) is 5.60. The molecule has 0 rings (SSSR count). The van der Waals surface area contributed by atoms with E-state index in [2.05, 4.69) is 9.35 Å². The van der Waals surface area contributed by atoms with Crippen LogP contribution in [0.3, 0.4) is 0 Å². The molecule has 0 aliphatic heterocycles. The topological polar surface area (TPSA) is 54.0 Å². The van der Waals surface area contributed by atoms with Crippen molar-refractivity contribution in [2.45, 2.75) is 39.3 Å². The summed E-state index contributed by atoms with van der Waals surface area (Å²) in [6, 6.07) is 0. The maximum atomic E-state index is 11.0. The van der Waals surface area contributed by atoms with Crippen LogP contribution in [0.2, 0.25) is 39.3 Å². The Morgan fingerprint density at radius 3 is 1.29 bits per heavy atom. The smallest absolute Gasteiger partial charge is 0.239 e. The molecule has 0 saturated heterocycles. The van der Waals surface area contributed by atoms with Crippen LogP contribution in [-0.4, -0.2) is 16.6 Å². The van der Waals surface area contributed by atoms with Crippen molar-refractivity contribution >= 4 is 24.9 Å². The van der Waals surface area contributed by atoms with Crippen molar-refractivity contribution < 1.29 is 23.1 Å². The summed E-state index contributed by atoms with van der Waals surface area (Å²) >= 11 is 0. The minimum absolute atomic E-state index is 1.83. The Hall–Kier alpha value is 0.374. The highest BCUT2D eigenvalue weighted by Crippen LogP contribution is 2.28. The maximum Gasteiger partial charge on any atom is 0.757 e. The molecule has 0 spiro atoms. The fourth-order valence-corrected chi connectivity index (χ4v) is 2.60. The lowest BCUT2D eigenvalue weighted by Crippen LogP contribution is -2.25. The molecule has 0 saturated carbocycles. The summed E-state index contributed by atoms with van der Waals surface area (Å²) in [5.41, 5.74) is 0. The standard InChI is InChI=1S/C6H18O5PSi2/c1-13(2,3)10-8-12(7)9-11-14(4,5)6/h1-6H3/q+1. The molecule has 8 heteroatoms. The van der Waals surface area contributed by atoms with E-state index in [0.717, 1.165) is 0 Å². The molecule has 0 heterocycles. The molecule has 0 atom stereocenters. The average molecular weight is 257 g/mol. The third-order valence-electron chi connectivity index (χ3n) is 0.696. The fourth-order valence-electron chi connectivity index (χ4n) is 0.297. The van der Waals surface area contributed by atoms with E-state index in [4.69, 9.17) is 9.15 Å². The van der Waals surface area contributed by atoms with Crippen LogP contribution in [-0.2, 0) is 23.1 Å². The second-order valence-corrected chi connectivity index (χ2v) is 14.3. The average Bonchev–Trinajstić information content (AvgIpc) is 1.94. The van der Waals surface area contributed by atoms with E-state index >= 15 is 0 Å². The van der Waals surface area contributed by atoms with Crippen molar-refractivity contribution in [2.75, 3.05) is 0 Å². The van der Waals surface area contributed by atoms with Gasteiger partial charge in [0.2, 0.25) is 16.6 Å². The van der Waals surface area contributed by atoms with Crippen LogP contribution >= 0.6 is 8.25 Å². The Balaban J connectivity index is 3.68. The molecule has 0 bridgehead atoms. The molecule has 0 aromatic heterocycles. The maximum absolute atomic E-state index is 11.0. The van der Waals surface area contributed by atoms with E-state index in [1.807, 2.05) is 39.3 Å². The second kappa shape index (κ2) is 5.46. The van der Waals surface area contributed by atoms with Crippen LogP contribution in [0.15, 0.2) is 0 Å². The van der Waals surface area contributed by atoms with Gasteiger partial charge >= 0.3 is 8.25 Å². The molecule has 0 aliphatic carbocycles. The van der Waals surface area contributed by atoms with Gasteiger partial charge in [-0.05, 0) is 39.3 Å². The predicted molar refractivity (Wildman–Crippen MR) is 58.6 cm³/mol. The first-order valence-corrected chi connectivity index (χ1v) is 12.2. The first kappa shape index (κ1) is 14.4. The van der Waals surface area contributed by atoms with Crippen LogP contribution in [0.1, 0.15) is 0 Å². The van der Waals surface area contributed by atoms with E-state index in [1.54, 1.807) is 0 Å². The fraction of sp³-hybridized carbons (Fsp3) is 1.00. The molecule has 0 aromatic rings. The van der Waals surface area contributed by atoms with Gasteiger partial charge in [-0.15, -0.1) is 0 Å². The highest BCUT2D eigenvalue weighted by atomic mass is 31.1. The Labute approximate surface area is 87.8 Å². The van der Waals surface area contributed by atoms with Gasteiger partial charge in [-0.1, -0.05) is 0 Å². The molecule has 14 heavy (non-hydrogen) atoms. The van der Waals surface area contributed by atoms with Gasteiger partial charge in [0.25, 0.3) is 0 Å². The van der Waals surface area contributed by atoms with E-state index in [0.29, 0.717) is 0 Å². The van der Waals surface area contributed by atoms with Crippen molar-refractivity contribution in [1.29, 1.82) is 0 Å². The van der Waals surface area contributed by atoms with Crippen LogP contribution in [0, 0.1) is 0 Å². The molecule has 0 N–H and O–H groups in total. The normalized spacial score (nSPS) is 13.0. The van der Waals surface area contributed by atoms with Gasteiger partial charge < -0.3 is 0 Å². The molecule has 0 amide bonds. The summed E-state index contributed by atoms with van der Waals surface area (Å²) in [6.45, 7) is 11.5. The van der Waals surface area contributed by atoms with Gasteiger partial charge in [0.15, 0.2) is 0 Å². The molecule has 84 valence electrons. The van der Waals surface area contributed by atoms with Crippen molar-refractivity contribution in [3.8, 4) is 0 Å². The molecule has 0 fully saturated rings. The number of hydrogen-bond donors (Lipinski definition) is 0. The van der Waals surface area contributed by atoms with Gasteiger partial charge in [0.1, 0.15) is 0 Å². The highest BCUT2D eigenvalue weighted by molar-refractivity contribution is 7.33. The molecular formula is C6H18O5PSi2+. The summed E-state index contributed by atoms with van der Waals surface area (Å²) < 4.78 is 30.0. The molecule has 5 nitrogen and oxygen atoms in total. The van der Waals surface area contributed by atoms with Gasteiger partial charge in [-0.25, -0.2) is 9.15 Å². The van der Waals surface area contributed by atoms with E-state index in [1.165, 1.54) is 0 Å². The van der Waals surface area contributed by atoms with Gasteiger partial charge in [0.05, 0.1) is 0 Å². The second-order valence-electron chi connectivity index (χ2n) is 4.76. The molecule has 0 radical (unpaired) electrons. The van der Waals surface area contributed by atoms with Crippen LogP contribution in [0.4, 0.5) is 0 Å². The summed E-state index contributed by atoms with van der Waals surface area (Å²) in [5.74, 6) is 0. The monoisotopic (exact) mass is 257 g/mol. The highest BCUT2D eigenvalue weighted by Gasteiger charge is 2.32. The van der Waals surface area contributed by atoms with Crippen molar-refractivity contribution in [2.24, 2.45) is 0 Å². The summed E-state index contributed by atoms with van der Waals surface area (Å²) in [5, 5.41) is 0. The first-order valence-electron chi connectivity index (χ1n) is 4.29. The minimum Gasteiger partial charge on any atom is -0.239 e. The SMILES string of the molecule is C[Si](C)(C)OO[P+](=O)OO[Si](C)(C)C. The Bertz CT molecular complexity index is 177. The molecule has 0 unspecified atom stereocenters. The molecule has 0 aromatic carbocycles. The van der Waals surface area contributed by atoms with Crippen molar-refractivity contribution in [3.63, 3.8) is 0 Å². The van der Waals surface area contributed by atoms with Crippen molar-refractivity contribution in [3.05, 3.63) is 0 Å². The van der Waals surface area contributed by atoms with Gasteiger partial charge in [-0.3, -0.25) is 0 Å². The van der Waals surface area contributed by atoms with Crippen LogP contribution in [0.5, 0.6) is 0 Å². The summed E-state index contributed by atoms with van der Waals surface area (Å²) in [4.78, 5) is 0. The predicted octanol–water partition coefficient (Wildman–Crippen LogP) is 3.21. The third-order valence-corrected chi connectivity index (χ3v) is 2.54. The lowest BCUT2D eigenvalue weighted by molar-refractivity contribution is -0.172. The lowest BCUT2D eigenvalue weighted by atomic mass is 11.8. The first-order chi connectivity index (χ1) is 6.10. The quantitative estimate of drug-likeness (QED) is 0.316. The van der Waals surface area contributed by atoms with Gasteiger partial charge in [0, 0.05) is 13.9 Å². The van der Waals surface area contributed by atoms with Crippen LogP contribution < -0.4 is 0 Å².